The van der Waals surface area contributed by atoms with Gasteiger partial charge in [0.1, 0.15) is 11.8 Å². The second kappa shape index (κ2) is 8.55. The number of aromatic hydroxyl groups is 1. The van der Waals surface area contributed by atoms with Crippen LogP contribution in [-0.2, 0) is 11.2 Å². The van der Waals surface area contributed by atoms with Crippen LogP contribution in [0.2, 0.25) is 0 Å². The van der Waals surface area contributed by atoms with Crippen LogP contribution in [0.5, 0.6) is 5.75 Å². The second-order valence-electron chi connectivity index (χ2n) is 5.21. The highest BCUT2D eigenvalue weighted by atomic mass is 16.4. The van der Waals surface area contributed by atoms with E-state index in [-0.39, 0.29) is 12.2 Å². The number of hydrogen-bond acceptors (Lipinski definition) is 4. The third-order valence-electron chi connectivity index (χ3n) is 3.36. The summed E-state index contributed by atoms with van der Waals surface area (Å²) in [6.07, 6.45) is 6.94. The number of benzene rings is 1. The number of rotatable bonds is 3. The van der Waals surface area contributed by atoms with Gasteiger partial charge in [0.15, 0.2) is 0 Å². The summed E-state index contributed by atoms with van der Waals surface area (Å²) in [6.45, 7) is 0. The van der Waals surface area contributed by atoms with Crippen LogP contribution in [-0.4, -0.2) is 28.3 Å². The van der Waals surface area contributed by atoms with Crippen molar-refractivity contribution in [2.75, 3.05) is 0 Å². The van der Waals surface area contributed by atoms with Gasteiger partial charge in [-0.05, 0) is 37.0 Å². The van der Waals surface area contributed by atoms with Gasteiger partial charge in [0, 0.05) is 6.04 Å². The Labute approximate surface area is 119 Å². The van der Waals surface area contributed by atoms with Gasteiger partial charge in [0.05, 0.1) is 0 Å². The van der Waals surface area contributed by atoms with E-state index in [1.807, 2.05) is 0 Å². The Morgan fingerprint density at radius 3 is 2.15 bits per heavy atom. The number of phenolic OH excluding ortho intramolecular Hbond substituents is 1. The summed E-state index contributed by atoms with van der Waals surface area (Å²) in [5.74, 6) is -0.860. The smallest absolute Gasteiger partial charge is 0.320 e. The Hall–Kier alpha value is -1.59. The summed E-state index contributed by atoms with van der Waals surface area (Å²) in [5, 5.41) is 17.5. The van der Waals surface area contributed by atoms with Crippen LogP contribution < -0.4 is 11.5 Å². The number of hydrogen-bond donors (Lipinski definition) is 4. The quantitative estimate of drug-likeness (QED) is 0.672. The fourth-order valence-electron chi connectivity index (χ4n) is 2.11. The molecule has 6 N–H and O–H groups in total. The molecule has 1 fully saturated rings. The highest BCUT2D eigenvalue weighted by Gasteiger charge is 2.11. The Balaban J connectivity index is 0.000000240. The number of carboxylic acids is 1. The third-order valence-corrected chi connectivity index (χ3v) is 3.36. The molecule has 1 aliphatic rings. The third kappa shape index (κ3) is 6.54. The fraction of sp³-hybridized carbons (Fsp3) is 0.533. The van der Waals surface area contributed by atoms with Crippen molar-refractivity contribution in [2.45, 2.75) is 50.6 Å². The number of carboxylic acid groups (broad SMARTS) is 1. The van der Waals surface area contributed by atoms with Crippen LogP contribution in [0.3, 0.4) is 0 Å². The van der Waals surface area contributed by atoms with Crippen LogP contribution in [0.15, 0.2) is 24.3 Å². The molecule has 1 unspecified atom stereocenters. The van der Waals surface area contributed by atoms with Crippen molar-refractivity contribution >= 4 is 5.97 Å². The predicted octanol–water partition coefficient (Wildman–Crippen LogP) is 1.62. The molecule has 5 nitrogen and oxygen atoms in total. The normalized spacial score (nSPS) is 16.9. The molecular weight excluding hydrogens is 256 g/mol. The van der Waals surface area contributed by atoms with Gasteiger partial charge in [-0.15, -0.1) is 0 Å². The summed E-state index contributed by atoms with van der Waals surface area (Å²) in [4.78, 5) is 10.4. The van der Waals surface area contributed by atoms with Gasteiger partial charge in [-0.2, -0.15) is 0 Å². The van der Waals surface area contributed by atoms with Crippen LogP contribution in [0, 0.1) is 0 Å². The van der Waals surface area contributed by atoms with E-state index in [1.54, 1.807) is 12.1 Å². The monoisotopic (exact) mass is 280 g/mol. The van der Waals surface area contributed by atoms with Crippen molar-refractivity contribution in [3.63, 3.8) is 0 Å². The van der Waals surface area contributed by atoms with Crippen molar-refractivity contribution in [3.8, 4) is 5.75 Å². The van der Waals surface area contributed by atoms with Crippen LogP contribution in [0.1, 0.15) is 37.7 Å². The first-order valence-corrected chi connectivity index (χ1v) is 7.01. The summed E-state index contributed by atoms with van der Waals surface area (Å²) < 4.78 is 0. The fourth-order valence-corrected chi connectivity index (χ4v) is 2.11. The minimum Gasteiger partial charge on any atom is -0.508 e. The topological polar surface area (TPSA) is 110 Å². The number of phenols is 1. The molecule has 1 aromatic carbocycles. The molecule has 1 aliphatic carbocycles. The van der Waals surface area contributed by atoms with Crippen LogP contribution in [0.4, 0.5) is 0 Å². The van der Waals surface area contributed by atoms with Crippen molar-refractivity contribution in [1.29, 1.82) is 0 Å². The Morgan fingerprint density at radius 2 is 1.75 bits per heavy atom. The van der Waals surface area contributed by atoms with Gasteiger partial charge in [-0.3, -0.25) is 4.79 Å². The molecule has 0 bridgehead atoms. The molecule has 0 aromatic heterocycles. The number of aliphatic carboxylic acids is 1. The lowest BCUT2D eigenvalue weighted by Gasteiger charge is -2.15. The van der Waals surface area contributed by atoms with Crippen LogP contribution >= 0.6 is 0 Å². The summed E-state index contributed by atoms with van der Waals surface area (Å²) in [6, 6.07) is 5.96. The molecule has 0 radical (unpaired) electrons. The average Bonchev–Trinajstić information content (AvgIpc) is 2.43. The second-order valence-corrected chi connectivity index (χ2v) is 5.21. The van der Waals surface area contributed by atoms with Gasteiger partial charge in [0.2, 0.25) is 0 Å². The standard InChI is InChI=1S/C9H11NO3.C6H13N/c10-8(9(12)13)5-6-1-3-7(11)4-2-6;7-6-4-2-1-3-5-6/h1-4,8,11H,5,10H2,(H,12,13);6H,1-5,7H2. The van der Waals surface area contributed by atoms with E-state index in [2.05, 4.69) is 0 Å². The van der Waals surface area contributed by atoms with E-state index in [4.69, 9.17) is 21.7 Å². The molecule has 0 spiro atoms. The molecule has 0 amide bonds. The lowest BCUT2D eigenvalue weighted by atomic mass is 9.97. The molecule has 20 heavy (non-hydrogen) atoms. The van der Waals surface area contributed by atoms with Crippen LogP contribution in [0.25, 0.3) is 0 Å². The van der Waals surface area contributed by atoms with Gasteiger partial charge in [-0.1, -0.05) is 31.4 Å². The molecule has 1 aromatic rings. The zero-order valence-electron chi connectivity index (χ0n) is 11.7. The van der Waals surface area contributed by atoms with E-state index in [1.165, 1.54) is 44.2 Å². The van der Waals surface area contributed by atoms with Crippen molar-refractivity contribution < 1.29 is 15.0 Å². The lowest BCUT2D eigenvalue weighted by Crippen LogP contribution is -2.32. The molecule has 5 heteroatoms. The molecule has 2 rings (SSSR count). The van der Waals surface area contributed by atoms with E-state index in [0.29, 0.717) is 6.04 Å². The maximum atomic E-state index is 10.4. The highest BCUT2D eigenvalue weighted by molar-refractivity contribution is 5.73. The summed E-state index contributed by atoms with van der Waals surface area (Å²) in [7, 11) is 0. The predicted molar refractivity (Wildman–Crippen MR) is 78.5 cm³/mol. The number of carbonyl (C=O) groups is 1. The highest BCUT2D eigenvalue weighted by Crippen LogP contribution is 2.14. The Bertz CT molecular complexity index is 400. The molecule has 0 heterocycles. The van der Waals surface area contributed by atoms with Gasteiger partial charge < -0.3 is 21.7 Å². The molecule has 0 saturated heterocycles. The minimum absolute atomic E-state index is 0.160. The van der Waals surface area contributed by atoms with E-state index in [0.717, 1.165) is 5.56 Å². The van der Waals surface area contributed by atoms with Gasteiger partial charge in [-0.25, -0.2) is 0 Å². The average molecular weight is 280 g/mol. The van der Waals surface area contributed by atoms with Crippen molar-refractivity contribution in [1.82, 2.24) is 0 Å². The molecule has 112 valence electrons. The maximum absolute atomic E-state index is 10.4. The Morgan fingerprint density at radius 1 is 1.20 bits per heavy atom. The first-order valence-electron chi connectivity index (χ1n) is 7.01. The number of nitrogens with two attached hydrogens (primary N) is 2. The van der Waals surface area contributed by atoms with E-state index in [9.17, 15) is 4.79 Å². The first-order chi connectivity index (χ1) is 9.49. The van der Waals surface area contributed by atoms with Crippen molar-refractivity contribution in [2.24, 2.45) is 11.5 Å². The maximum Gasteiger partial charge on any atom is 0.320 e. The molecule has 1 saturated carbocycles. The Kier molecular flexibility index (Phi) is 7.04. The van der Waals surface area contributed by atoms with E-state index >= 15 is 0 Å². The zero-order valence-corrected chi connectivity index (χ0v) is 11.7. The van der Waals surface area contributed by atoms with Crippen molar-refractivity contribution in [3.05, 3.63) is 29.8 Å². The summed E-state index contributed by atoms with van der Waals surface area (Å²) in [5.41, 5.74) is 11.8. The lowest BCUT2D eigenvalue weighted by molar-refractivity contribution is -0.138. The first kappa shape index (κ1) is 16.5. The van der Waals surface area contributed by atoms with Gasteiger partial charge >= 0.3 is 5.97 Å². The largest absolute Gasteiger partial charge is 0.508 e. The molecule has 0 aliphatic heterocycles. The summed E-state index contributed by atoms with van der Waals surface area (Å²) >= 11 is 0. The minimum atomic E-state index is -1.02. The van der Waals surface area contributed by atoms with E-state index < -0.39 is 12.0 Å². The SMILES string of the molecule is NC(Cc1ccc(O)cc1)C(=O)O.NC1CCCCC1. The van der Waals surface area contributed by atoms with Gasteiger partial charge in [0.25, 0.3) is 0 Å². The molecule has 1 atom stereocenters. The molecular formula is C15H24N2O3. The zero-order chi connectivity index (χ0) is 15.0.